The summed E-state index contributed by atoms with van der Waals surface area (Å²) in [6, 6.07) is 0. The zero-order valence-electron chi connectivity index (χ0n) is 13.0. The third kappa shape index (κ3) is 8.33. The Labute approximate surface area is 126 Å². The Balaban J connectivity index is 2.23. The predicted octanol–water partition coefficient (Wildman–Crippen LogP) is -0.509. The molecule has 0 aromatic carbocycles. The van der Waals surface area contributed by atoms with Gasteiger partial charge in [-0.3, -0.25) is 14.6 Å². The third-order valence-electron chi connectivity index (χ3n) is 3.48. The van der Waals surface area contributed by atoms with Gasteiger partial charge >= 0.3 is 5.97 Å². The molecule has 0 radical (unpaired) electrons. The fraction of sp³-hybridized carbons (Fsp3) is 0.929. The molecule has 1 saturated heterocycles. The van der Waals surface area contributed by atoms with E-state index in [4.69, 9.17) is 14.6 Å². The van der Waals surface area contributed by atoms with E-state index in [0.29, 0.717) is 19.8 Å². The van der Waals surface area contributed by atoms with Crippen LogP contribution in [0.2, 0.25) is 0 Å². The fourth-order valence-corrected chi connectivity index (χ4v) is 2.47. The minimum atomic E-state index is -0.788. The number of rotatable bonds is 9. The van der Waals surface area contributed by atoms with Crippen molar-refractivity contribution in [3.05, 3.63) is 0 Å². The maximum Gasteiger partial charge on any atom is 0.317 e. The zero-order valence-corrected chi connectivity index (χ0v) is 13.0. The largest absolute Gasteiger partial charge is 0.480 e. The summed E-state index contributed by atoms with van der Waals surface area (Å²) in [6.45, 7) is 6.53. The SMILES string of the molecule is COCC(C)OCC(O)CN1CCCN(CC(=O)O)CC1. The van der Waals surface area contributed by atoms with Gasteiger partial charge in [-0.25, -0.2) is 0 Å². The summed E-state index contributed by atoms with van der Waals surface area (Å²) in [5, 5.41) is 18.8. The van der Waals surface area contributed by atoms with Crippen LogP contribution < -0.4 is 0 Å². The quantitative estimate of drug-likeness (QED) is 0.594. The second kappa shape index (κ2) is 10.1. The molecule has 2 N–H and O–H groups in total. The van der Waals surface area contributed by atoms with Crippen molar-refractivity contribution in [3.8, 4) is 0 Å². The van der Waals surface area contributed by atoms with Gasteiger partial charge in [0, 0.05) is 33.3 Å². The molecule has 0 amide bonds. The lowest BCUT2D eigenvalue weighted by Crippen LogP contribution is -2.39. The maximum atomic E-state index is 10.7. The maximum absolute atomic E-state index is 10.7. The highest BCUT2D eigenvalue weighted by atomic mass is 16.5. The van der Waals surface area contributed by atoms with E-state index in [9.17, 15) is 9.90 Å². The molecule has 0 bridgehead atoms. The van der Waals surface area contributed by atoms with Crippen molar-refractivity contribution < 1.29 is 24.5 Å². The van der Waals surface area contributed by atoms with Crippen LogP contribution in [-0.2, 0) is 14.3 Å². The van der Waals surface area contributed by atoms with Crippen LogP contribution in [0.25, 0.3) is 0 Å². The van der Waals surface area contributed by atoms with E-state index >= 15 is 0 Å². The monoisotopic (exact) mass is 304 g/mol. The molecule has 0 aliphatic carbocycles. The number of carboxylic acids is 1. The van der Waals surface area contributed by atoms with Gasteiger partial charge in [0.05, 0.1) is 32.0 Å². The molecular formula is C14H28N2O5. The van der Waals surface area contributed by atoms with Crippen LogP contribution in [0.15, 0.2) is 0 Å². The highest BCUT2D eigenvalue weighted by molar-refractivity contribution is 5.69. The van der Waals surface area contributed by atoms with Crippen molar-refractivity contribution >= 4 is 5.97 Å². The topological polar surface area (TPSA) is 82.5 Å². The number of nitrogens with zero attached hydrogens (tertiary/aromatic N) is 2. The van der Waals surface area contributed by atoms with E-state index in [1.807, 2.05) is 11.8 Å². The van der Waals surface area contributed by atoms with E-state index in [1.54, 1.807) is 7.11 Å². The Morgan fingerprint density at radius 1 is 1.19 bits per heavy atom. The van der Waals surface area contributed by atoms with E-state index in [-0.39, 0.29) is 12.6 Å². The lowest BCUT2D eigenvalue weighted by atomic mass is 10.3. The third-order valence-corrected chi connectivity index (χ3v) is 3.48. The Morgan fingerprint density at radius 3 is 2.52 bits per heavy atom. The minimum absolute atomic E-state index is 0.0279. The van der Waals surface area contributed by atoms with Gasteiger partial charge in [-0.05, 0) is 19.9 Å². The first-order chi connectivity index (χ1) is 10.0. The van der Waals surface area contributed by atoms with E-state index in [1.165, 1.54) is 0 Å². The Bertz CT molecular complexity index is 303. The Morgan fingerprint density at radius 2 is 1.86 bits per heavy atom. The summed E-state index contributed by atoms with van der Waals surface area (Å²) >= 11 is 0. The van der Waals surface area contributed by atoms with Crippen LogP contribution in [0.5, 0.6) is 0 Å². The lowest BCUT2D eigenvalue weighted by molar-refractivity contribution is -0.138. The van der Waals surface area contributed by atoms with Crippen molar-refractivity contribution in [1.82, 2.24) is 9.80 Å². The van der Waals surface area contributed by atoms with Crippen LogP contribution in [0, 0.1) is 0 Å². The van der Waals surface area contributed by atoms with Crippen molar-refractivity contribution in [1.29, 1.82) is 0 Å². The predicted molar refractivity (Wildman–Crippen MR) is 78.4 cm³/mol. The average Bonchev–Trinajstić information content (AvgIpc) is 2.62. The second-order valence-corrected chi connectivity index (χ2v) is 5.58. The molecule has 0 aromatic heterocycles. The summed E-state index contributed by atoms with van der Waals surface area (Å²) in [7, 11) is 1.62. The smallest absolute Gasteiger partial charge is 0.317 e. The van der Waals surface area contributed by atoms with Gasteiger partial charge in [0.2, 0.25) is 0 Å². The highest BCUT2D eigenvalue weighted by Gasteiger charge is 2.19. The van der Waals surface area contributed by atoms with Gasteiger partial charge in [0.15, 0.2) is 0 Å². The number of carboxylic acid groups (broad SMARTS) is 1. The van der Waals surface area contributed by atoms with Crippen LogP contribution in [0.1, 0.15) is 13.3 Å². The summed E-state index contributed by atoms with van der Waals surface area (Å²) in [5.41, 5.74) is 0. The van der Waals surface area contributed by atoms with Crippen LogP contribution in [0.3, 0.4) is 0 Å². The average molecular weight is 304 g/mol. The fourth-order valence-electron chi connectivity index (χ4n) is 2.47. The number of methoxy groups -OCH3 is 1. The van der Waals surface area contributed by atoms with Gasteiger partial charge in [-0.1, -0.05) is 0 Å². The first-order valence-electron chi connectivity index (χ1n) is 7.46. The number of β-amino-alcohol motifs (C(OH)–C–C–N with tert-alkyl or cyclic N) is 1. The normalized spacial score (nSPS) is 20.9. The summed E-state index contributed by atoms with van der Waals surface area (Å²) < 4.78 is 10.5. The van der Waals surface area contributed by atoms with Gasteiger partial charge in [-0.2, -0.15) is 0 Å². The highest BCUT2D eigenvalue weighted by Crippen LogP contribution is 2.05. The molecule has 0 saturated carbocycles. The number of carbonyl (C=O) groups is 1. The zero-order chi connectivity index (χ0) is 15.7. The van der Waals surface area contributed by atoms with E-state index in [0.717, 1.165) is 32.6 Å². The molecule has 1 aliphatic rings. The molecule has 0 spiro atoms. The van der Waals surface area contributed by atoms with Gasteiger partial charge in [-0.15, -0.1) is 0 Å². The molecular weight excluding hydrogens is 276 g/mol. The van der Waals surface area contributed by atoms with Gasteiger partial charge in [0.1, 0.15) is 0 Å². The Hall–Kier alpha value is -0.730. The van der Waals surface area contributed by atoms with Crippen LogP contribution >= 0.6 is 0 Å². The van der Waals surface area contributed by atoms with Gasteiger partial charge < -0.3 is 19.7 Å². The van der Waals surface area contributed by atoms with Crippen LogP contribution in [0.4, 0.5) is 0 Å². The molecule has 7 nitrogen and oxygen atoms in total. The number of aliphatic hydroxyl groups excluding tert-OH is 1. The standard InChI is InChI=1S/C14H28N2O5/c1-12(10-20-2)21-11-13(17)8-15-4-3-5-16(7-6-15)9-14(18)19/h12-13,17H,3-11H2,1-2H3,(H,18,19). The molecule has 1 aliphatic heterocycles. The Kier molecular flexibility index (Phi) is 8.79. The molecule has 2 unspecified atom stereocenters. The van der Waals surface area contributed by atoms with Crippen LogP contribution in [-0.4, -0.2) is 97.8 Å². The van der Waals surface area contributed by atoms with Crippen molar-refractivity contribution in [2.75, 3.05) is 59.6 Å². The molecule has 124 valence electrons. The molecule has 1 fully saturated rings. The number of aliphatic carboxylic acids is 1. The van der Waals surface area contributed by atoms with E-state index < -0.39 is 12.1 Å². The molecule has 21 heavy (non-hydrogen) atoms. The van der Waals surface area contributed by atoms with E-state index in [2.05, 4.69) is 4.90 Å². The lowest BCUT2D eigenvalue weighted by Gasteiger charge is -2.24. The van der Waals surface area contributed by atoms with Crippen molar-refractivity contribution in [2.24, 2.45) is 0 Å². The summed E-state index contributed by atoms with van der Waals surface area (Å²) in [6.07, 6.45) is 0.358. The summed E-state index contributed by atoms with van der Waals surface area (Å²) in [5.74, 6) is -0.788. The minimum Gasteiger partial charge on any atom is -0.480 e. The second-order valence-electron chi connectivity index (χ2n) is 5.58. The molecule has 1 heterocycles. The number of ether oxygens (including phenoxy) is 2. The first-order valence-corrected chi connectivity index (χ1v) is 7.46. The summed E-state index contributed by atoms with van der Waals surface area (Å²) in [4.78, 5) is 14.8. The number of aliphatic hydroxyl groups is 1. The first kappa shape index (κ1) is 18.3. The molecule has 2 atom stereocenters. The molecule has 0 aromatic rings. The van der Waals surface area contributed by atoms with Crippen molar-refractivity contribution in [3.63, 3.8) is 0 Å². The molecule has 7 heteroatoms. The van der Waals surface area contributed by atoms with Crippen molar-refractivity contribution in [2.45, 2.75) is 25.6 Å². The number of hydrogen-bond acceptors (Lipinski definition) is 6. The number of hydrogen-bond donors (Lipinski definition) is 2. The molecule has 1 rings (SSSR count). The van der Waals surface area contributed by atoms with Gasteiger partial charge in [0.25, 0.3) is 0 Å².